The van der Waals surface area contributed by atoms with Gasteiger partial charge in [-0.25, -0.2) is 9.37 Å². The summed E-state index contributed by atoms with van der Waals surface area (Å²) in [5.41, 5.74) is 0.338. The highest BCUT2D eigenvalue weighted by Gasteiger charge is 2.39. The van der Waals surface area contributed by atoms with E-state index in [4.69, 9.17) is 14.1 Å². The Balaban J connectivity index is 1.85. The fraction of sp³-hybridized carbons (Fsp3) is 0.267. The molecular formula is C15H14BFN2O5. The molecule has 1 aliphatic rings. The number of carbonyl (C=O) groups excluding carboxylic acids is 1. The van der Waals surface area contributed by atoms with E-state index in [-0.39, 0.29) is 35.7 Å². The number of aromatic nitrogens is 2. The molecule has 3 rings (SSSR count). The molecule has 7 nitrogen and oxygen atoms in total. The molecule has 1 aromatic carbocycles. The first-order valence-electron chi connectivity index (χ1n) is 7.34. The summed E-state index contributed by atoms with van der Waals surface area (Å²) < 4.78 is 30.0. The van der Waals surface area contributed by atoms with Crippen LogP contribution >= 0.6 is 0 Å². The first kappa shape index (κ1) is 16.3. The van der Waals surface area contributed by atoms with Crippen LogP contribution in [0.25, 0.3) is 0 Å². The van der Waals surface area contributed by atoms with Gasteiger partial charge in [-0.1, -0.05) is 0 Å². The van der Waals surface area contributed by atoms with Gasteiger partial charge in [-0.15, -0.1) is 0 Å². The van der Waals surface area contributed by atoms with E-state index in [1.165, 1.54) is 24.7 Å². The van der Waals surface area contributed by atoms with Crippen LogP contribution < -0.4 is 10.2 Å². The first-order valence-corrected chi connectivity index (χ1v) is 7.34. The van der Waals surface area contributed by atoms with Crippen LogP contribution in [0.3, 0.4) is 0 Å². The lowest BCUT2D eigenvalue weighted by molar-refractivity contribution is -0.145. The Morgan fingerprint density at radius 3 is 3.00 bits per heavy atom. The number of fused-ring (bicyclic) bond motifs is 1. The molecule has 0 fully saturated rings. The van der Waals surface area contributed by atoms with Gasteiger partial charge in [0.2, 0.25) is 5.88 Å². The van der Waals surface area contributed by atoms with Gasteiger partial charge in [-0.3, -0.25) is 9.78 Å². The summed E-state index contributed by atoms with van der Waals surface area (Å²) in [5.74, 6) is -0.835. The Morgan fingerprint density at radius 2 is 2.29 bits per heavy atom. The predicted octanol–water partition coefficient (Wildman–Crippen LogP) is 1.12. The van der Waals surface area contributed by atoms with Crippen molar-refractivity contribution in [1.82, 2.24) is 9.97 Å². The molecule has 0 radical (unpaired) electrons. The van der Waals surface area contributed by atoms with Crippen LogP contribution in [-0.2, 0) is 14.2 Å². The fourth-order valence-electron chi connectivity index (χ4n) is 2.49. The number of rotatable bonds is 5. The molecule has 2 aromatic rings. The minimum Gasteiger partial charge on any atom is -0.466 e. The normalized spacial score (nSPS) is 16.0. The van der Waals surface area contributed by atoms with Crippen LogP contribution in [0.1, 0.15) is 25.0 Å². The second kappa shape index (κ2) is 6.94. The third-order valence-electron chi connectivity index (χ3n) is 3.44. The Hall–Kier alpha value is -2.52. The highest BCUT2D eigenvalue weighted by atomic mass is 19.1. The first-order chi connectivity index (χ1) is 11.6. The van der Waals surface area contributed by atoms with Gasteiger partial charge < -0.3 is 19.2 Å². The zero-order valence-electron chi connectivity index (χ0n) is 12.8. The van der Waals surface area contributed by atoms with E-state index in [0.29, 0.717) is 0 Å². The average Bonchev–Trinajstić information content (AvgIpc) is 2.85. The third-order valence-corrected chi connectivity index (χ3v) is 3.44. The number of ether oxygens (including phenoxy) is 2. The molecule has 0 saturated heterocycles. The van der Waals surface area contributed by atoms with E-state index in [2.05, 4.69) is 9.97 Å². The van der Waals surface area contributed by atoms with Crippen LogP contribution in [0, 0.1) is 5.82 Å². The Labute approximate surface area is 137 Å². The maximum absolute atomic E-state index is 14.5. The molecule has 0 bridgehead atoms. The van der Waals surface area contributed by atoms with Crippen molar-refractivity contribution >= 4 is 18.6 Å². The van der Waals surface area contributed by atoms with Gasteiger partial charge in [0.15, 0.2) is 0 Å². The lowest BCUT2D eigenvalue weighted by atomic mass is 9.79. The van der Waals surface area contributed by atoms with Gasteiger partial charge in [0, 0.05) is 24.0 Å². The van der Waals surface area contributed by atoms with Crippen LogP contribution in [-0.4, -0.2) is 34.7 Å². The molecule has 9 heteroatoms. The van der Waals surface area contributed by atoms with Crippen LogP contribution in [0.2, 0.25) is 0 Å². The van der Waals surface area contributed by atoms with Crippen LogP contribution in [0.15, 0.2) is 30.7 Å². The van der Waals surface area contributed by atoms with Crippen molar-refractivity contribution in [3.8, 4) is 11.6 Å². The van der Waals surface area contributed by atoms with Crippen molar-refractivity contribution in [1.29, 1.82) is 0 Å². The molecule has 1 aliphatic heterocycles. The summed E-state index contributed by atoms with van der Waals surface area (Å²) in [5, 5.41) is 9.99. The highest BCUT2D eigenvalue weighted by Crippen LogP contribution is 2.32. The average molecular weight is 332 g/mol. The minimum atomic E-state index is -1.35. The summed E-state index contributed by atoms with van der Waals surface area (Å²) in [4.78, 5) is 19.4. The maximum atomic E-state index is 14.5. The van der Waals surface area contributed by atoms with E-state index in [0.717, 1.165) is 6.07 Å². The number of carbonyl (C=O) groups is 1. The van der Waals surface area contributed by atoms with Gasteiger partial charge in [0.25, 0.3) is 0 Å². The molecule has 1 unspecified atom stereocenters. The number of halogens is 1. The van der Waals surface area contributed by atoms with Crippen molar-refractivity contribution in [3.63, 3.8) is 0 Å². The second-order valence-electron chi connectivity index (χ2n) is 5.04. The predicted molar refractivity (Wildman–Crippen MR) is 81.2 cm³/mol. The van der Waals surface area contributed by atoms with Gasteiger partial charge in [0.1, 0.15) is 11.6 Å². The Bertz CT molecular complexity index is 746. The molecule has 24 heavy (non-hydrogen) atoms. The van der Waals surface area contributed by atoms with Gasteiger partial charge in [0.05, 0.1) is 25.3 Å². The lowest BCUT2D eigenvalue weighted by Crippen LogP contribution is -2.28. The molecule has 0 amide bonds. The number of esters is 1. The molecule has 1 atom stereocenters. The van der Waals surface area contributed by atoms with Crippen LogP contribution in [0.5, 0.6) is 11.6 Å². The zero-order chi connectivity index (χ0) is 17.1. The SMILES string of the molecule is CCOC(=O)CC1OB(O)c2cc(Oc3cnccn3)cc(F)c21. The zero-order valence-corrected chi connectivity index (χ0v) is 12.8. The second-order valence-corrected chi connectivity index (χ2v) is 5.04. The Kier molecular flexibility index (Phi) is 4.72. The molecule has 0 aliphatic carbocycles. The summed E-state index contributed by atoms with van der Waals surface area (Å²) in [7, 11) is -1.35. The molecule has 1 aromatic heterocycles. The van der Waals surface area contributed by atoms with E-state index in [1.807, 2.05) is 0 Å². The van der Waals surface area contributed by atoms with E-state index >= 15 is 0 Å². The van der Waals surface area contributed by atoms with Crippen molar-refractivity contribution < 1.29 is 28.3 Å². The summed E-state index contributed by atoms with van der Waals surface area (Å²) in [6.45, 7) is 1.89. The van der Waals surface area contributed by atoms with E-state index in [9.17, 15) is 14.2 Å². The molecule has 2 heterocycles. The Morgan fingerprint density at radius 1 is 1.46 bits per heavy atom. The number of nitrogens with zero attached hydrogens (tertiary/aromatic N) is 2. The van der Waals surface area contributed by atoms with Crippen molar-refractivity contribution in [2.24, 2.45) is 0 Å². The topological polar surface area (TPSA) is 90.8 Å². The number of benzene rings is 1. The summed E-state index contributed by atoms with van der Waals surface area (Å²) >= 11 is 0. The monoisotopic (exact) mass is 332 g/mol. The molecule has 0 spiro atoms. The maximum Gasteiger partial charge on any atom is 0.492 e. The van der Waals surface area contributed by atoms with Gasteiger partial charge in [-0.2, -0.15) is 0 Å². The highest BCUT2D eigenvalue weighted by molar-refractivity contribution is 6.61. The largest absolute Gasteiger partial charge is 0.492 e. The molecule has 0 saturated carbocycles. The quantitative estimate of drug-likeness (QED) is 0.648. The molecule has 124 valence electrons. The summed E-state index contributed by atoms with van der Waals surface area (Å²) in [6.07, 6.45) is 3.21. The fourth-order valence-corrected chi connectivity index (χ4v) is 2.49. The number of hydrogen-bond donors (Lipinski definition) is 1. The van der Waals surface area contributed by atoms with Gasteiger partial charge >= 0.3 is 13.1 Å². The summed E-state index contributed by atoms with van der Waals surface area (Å²) in [6, 6.07) is 2.59. The minimum absolute atomic E-state index is 0.127. The van der Waals surface area contributed by atoms with Crippen molar-refractivity contribution in [3.05, 3.63) is 42.1 Å². The molecule has 1 N–H and O–H groups in total. The number of hydrogen-bond acceptors (Lipinski definition) is 7. The van der Waals surface area contributed by atoms with E-state index < -0.39 is 25.0 Å². The van der Waals surface area contributed by atoms with Crippen molar-refractivity contribution in [2.45, 2.75) is 19.4 Å². The van der Waals surface area contributed by atoms with Crippen LogP contribution in [0.4, 0.5) is 4.39 Å². The van der Waals surface area contributed by atoms with Gasteiger partial charge in [-0.05, 0) is 18.5 Å². The lowest BCUT2D eigenvalue weighted by Gasteiger charge is -2.12. The van der Waals surface area contributed by atoms with E-state index in [1.54, 1.807) is 6.92 Å². The third kappa shape index (κ3) is 3.36. The molecular weight excluding hydrogens is 318 g/mol. The smallest absolute Gasteiger partial charge is 0.466 e. The standard InChI is InChI=1S/C15H14BFN2O5/c1-2-22-14(20)7-12-15-10(16(21)24-12)5-9(6-11(15)17)23-13-8-18-3-4-19-13/h3-6,8,12,21H,2,7H2,1H3. The van der Waals surface area contributed by atoms with Crippen molar-refractivity contribution in [2.75, 3.05) is 6.61 Å².